The van der Waals surface area contributed by atoms with Gasteiger partial charge < -0.3 is 15.7 Å². The Hall–Kier alpha value is -1.26. The molecular weight excluding hydrogens is 268 g/mol. The number of rotatable bonds is 6. The van der Waals surface area contributed by atoms with Gasteiger partial charge >= 0.3 is 12.0 Å². The monoisotopic (exact) mass is 294 g/mol. The molecule has 3 N–H and O–H groups in total. The van der Waals surface area contributed by atoms with Crippen LogP contribution in [0.2, 0.25) is 0 Å². The van der Waals surface area contributed by atoms with Crippen LogP contribution in [0.5, 0.6) is 0 Å². The predicted octanol–water partition coefficient (Wildman–Crippen LogP) is 2.37. The first-order chi connectivity index (χ1) is 10.1. The lowest BCUT2D eigenvalue weighted by Crippen LogP contribution is -2.47. The van der Waals surface area contributed by atoms with Crippen molar-refractivity contribution in [2.24, 2.45) is 23.2 Å². The van der Waals surface area contributed by atoms with E-state index in [1.54, 1.807) is 0 Å². The smallest absolute Gasteiger partial charge is 0.314 e. The zero-order valence-electron chi connectivity index (χ0n) is 12.6. The molecule has 2 amide bonds. The van der Waals surface area contributed by atoms with Crippen LogP contribution in [-0.2, 0) is 4.79 Å². The number of aliphatic carboxylic acids is 1. The van der Waals surface area contributed by atoms with Crippen molar-refractivity contribution in [1.82, 2.24) is 10.6 Å². The highest BCUT2D eigenvalue weighted by Gasteiger charge is 2.40. The molecule has 0 radical (unpaired) electrons. The van der Waals surface area contributed by atoms with E-state index >= 15 is 0 Å². The molecule has 118 valence electrons. The topological polar surface area (TPSA) is 78.4 Å². The predicted molar refractivity (Wildman–Crippen MR) is 78.9 cm³/mol. The van der Waals surface area contributed by atoms with Gasteiger partial charge in [0.15, 0.2) is 0 Å². The average Bonchev–Trinajstić information content (AvgIpc) is 3.01. The fourth-order valence-electron chi connectivity index (χ4n) is 4.59. The molecule has 21 heavy (non-hydrogen) atoms. The molecule has 3 saturated carbocycles. The second kappa shape index (κ2) is 5.85. The van der Waals surface area contributed by atoms with Crippen molar-refractivity contribution in [3.63, 3.8) is 0 Å². The van der Waals surface area contributed by atoms with Crippen molar-refractivity contribution in [3.05, 3.63) is 0 Å². The Morgan fingerprint density at radius 3 is 2.48 bits per heavy atom. The van der Waals surface area contributed by atoms with E-state index in [0.29, 0.717) is 12.5 Å². The third-order valence-corrected chi connectivity index (χ3v) is 5.97. The van der Waals surface area contributed by atoms with Gasteiger partial charge in [0, 0.05) is 13.1 Å². The molecule has 3 aliphatic rings. The third kappa shape index (κ3) is 3.33. The largest absolute Gasteiger partial charge is 0.481 e. The number of amides is 2. The van der Waals surface area contributed by atoms with Crippen LogP contribution < -0.4 is 10.6 Å². The number of carboxylic acids is 1. The number of carboxylic acid groups (broad SMARTS) is 1. The minimum atomic E-state index is -0.765. The number of carbonyl (C=O) groups is 2. The molecule has 0 aromatic rings. The van der Waals surface area contributed by atoms with E-state index in [-0.39, 0.29) is 17.9 Å². The number of carbonyl (C=O) groups excluding carboxylic acids is 1. The van der Waals surface area contributed by atoms with Gasteiger partial charge in [0.05, 0.1) is 6.42 Å². The van der Waals surface area contributed by atoms with Crippen molar-refractivity contribution in [2.75, 3.05) is 13.1 Å². The van der Waals surface area contributed by atoms with Crippen LogP contribution in [0.3, 0.4) is 0 Å². The molecular formula is C16H26N2O3. The number of fused-ring (bicyclic) bond motifs is 2. The average molecular weight is 294 g/mol. The molecule has 3 atom stereocenters. The summed E-state index contributed by atoms with van der Waals surface area (Å²) in [6.07, 6.45) is 8.40. The summed E-state index contributed by atoms with van der Waals surface area (Å²) in [4.78, 5) is 22.8. The van der Waals surface area contributed by atoms with Crippen LogP contribution in [0, 0.1) is 23.2 Å². The zero-order valence-corrected chi connectivity index (χ0v) is 12.6. The Morgan fingerprint density at radius 2 is 1.95 bits per heavy atom. The molecule has 0 aliphatic heterocycles. The lowest BCUT2D eigenvalue weighted by atomic mass is 9.66. The van der Waals surface area contributed by atoms with Gasteiger partial charge in [0.25, 0.3) is 0 Å². The Labute approximate surface area is 125 Å². The van der Waals surface area contributed by atoms with E-state index in [9.17, 15) is 9.59 Å². The van der Waals surface area contributed by atoms with E-state index < -0.39 is 5.97 Å². The summed E-state index contributed by atoms with van der Waals surface area (Å²) >= 11 is 0. The zero-order chi connectivity index (χ0) is 14.9. The summed E-state index contributed by atoms with van der Waals surface area (Å²) < 4.78 is 0. The van der Waals surface area contributed by atoms with Crippen LogP contribution in [0.15, 0.2) is 0 Å². The summed E-state index contributed by atoms with van der Waals surface area (Å²) in [7, 11) is 0. The van der Waals surface area contributed by atoms with Crippen LogP contribution in [0.1, 0.15) is 51.4 Å². The molecule has 3 rings (SSSR count). The minimum Gasteiger partial charge on any atom is -0.481 e. The molecule has 0 aromatic heterocycles. The van der Waals surface area contributed by atoms with Gasteiger partial charge in [-0.2, -0.15) is 0 Å². The van der Waals surface area contributed by atoms with Gasteiger partial charge in [-0.25, -0.2) is 4.79 Å². The minimum absolute atomic E-state index is 0.130. The van der Waals surface area contributed by atoms with Crippen molar-refractivity contribution >= 4 is 12.0 Å². The van der Waals surface area contributed by atoms with Crippen LogP contribution in [0.25, 0.3) is 0 Å². The third-order valence-electron chi connectivity index (χ3n) is 5.97. The van der Waals surface area contributed by atoms with Crippen LogP contribution in [0.4, 0.5) is 4.79 Å². The maximum Gasteiger partial charge on any atom is 0.314 e. The first-order valence-corrected chi connectivity index (χ1v) is 8.30. The van der Waals surface area contributed by atoms with Gasteiger partial charge in [-0.3, -0.25) is 4.79 Å². The number of hydrogen-bond acceptors (Lipinski definition) is 2. The second-order valence-corrected chi connectivity index (χ2v) is 7.42. The van der Waals surface area contributed by atoms with E-state index in [1.807, 2.05) is 0 Å². The fourth-order valence-corrected chi connectivity index (χ4v) is 4.59. The molecule has 0 aromatic carbocycles. The van der Waals surface area contributed by atoms with E-state index in [1.165, 1.54) is 25.7 Å². The summed E-state index contributed by atoms with van der Waals surface area (Å²) in [6, 6.07) is -0.130. The van der Waals surface area contributed by atoms with Crippen molar-refractivity contribution in [1.29, 1.82) is 0 Å². The lowest BCUT2D eigenvalue weighted by Gasteiger charge is -2.40. The first kappa shape index (κ1) is 14.7. The Balaban J connectivity index is 1.37. The molecule has 0 spiro atoms. The Morgan fingerprint density at radius 1 is 1.14 bits per heavy atom. The van der Waals surface area contributed by atoms with Crippen LogP contribution in [-0.4, -0.2) is 30.2 Å². The maximum atomic E-state index is 11.9. The van der Waals surface area contributed by atoms with E-state index in [4.69, 9.17) is 5.11 Å². The summed E-state index contributed by atoms with van der Waals surface area (Å²) in [5.74, 6) is 1.61. The van der Waals surface area contributed by atoms with Gasteiger partial charge in [-0.15, -0.1) is 0 Å². The number of urea groups is 1. The highest BCUT2D eigenvalue weighted by atomic mass is 16.4. The highest BCUT2D eigenvalue weighted by molar-refractivity contribution is 5.74. The van der Waals surface area contributed by atoms with Crippen molar-refractivity contribution in [3.8, 4) is 0 Å². The summed E-state index contributed by atoms with van der Waals surface area (Å²) in [5.41, 5.74) is -0.199. The molecule has 0 saturated heterocycles. The molecule has 0 heterocycles. The van der Waals surface area contributed by atoms with Crippen molar-refractivity contribution < 1.29 is 14.7 Å². The SMILES string of the molecule is O=C(O)CC1(CNC(=O)NCC2CC3CCC2C3)CCC1. The lowest BCUT2D eigenvalue weighted by molar-refractivity contribution is -0.141. The van der Waals surface area contributed by atoms with Gasteiger partial charge in [0.2, 0.25) is 0 Å². The Bertz CT molecular complexity index is 420. The van der Waals surface area contributed by atoms with E-state index in [0.717, 1.165) is 37.6 Å². The fraction of sp³-hybridized carbons (Fsp3) is 0.875. The van der Waals surface area contributed by atoms with Gasteiger partial charge in [-0.1, -0.05) is 12.8 Å². The highest BCUT2D eigenvalue weighted by Crippen LogP contribution is 2.48. The van der Waals surface area contributed by atoms with Gasteiger partial charge in [0.1, 0.15) is 0 Å². The standard InChI is InChI=1S/C16H26N2O3/c19-14(20)8-16(4-1-5-16)10-18-15(21)17-9-13-7-11-2-3-12(13)6-11/h11-13H,1-10H2,(H,19,20)(H2,17,18,21). The normalized spacial score (nSPS) is 32.5. The first-order valence-electron chi connectivity index (χ1n) is 8.30. The molecule has 3 aliphatic carbocycles. The number of hydrogen-bond donors (Lipinski definition) is 3. The second-order valence-electron chi connectivity index (χ2n) is 7.42. The van der Waals surface area contributed by atoms with Crippen LogP contribution >= 0.6 is 0 Å². The molecule has 3 unspecified atom stereocenters. The molecule has 5 nitrogen and oxygen atoms in total. The summed E-state index contributed by atoms with van der Waals surface area (Å²) in [5, 5.41) is 14.8. The van der Waals surface area contributed by atoms with Crippen molar-refractivity contribution in [2.45, 2.75) is 51.4 Å². The molecule has 3 fully saturated rings. The van der Waals surface area contributed by atoms with Gasteiger partial charge in [-0.05, 0) is 55.3 Å². The summed E-state index contributed by atoms with van der Waals surface area (Å²) in [6.45, 7) is 1.26. The molecule has 2 bridgehead atoms. The number of nitrogens with one attached hydrogen (secondary N) is 2. The van der Waals surface area contributed by atoms with E-state index in [2.05, 4.69) is 10.6 Å². The molecule has 5 heteroatoms. The Kier molecular flexibility index (Phi) is 4.09. The quantitative estimate of drug-likeness (QED) is 0.703. The maximum absolute atomic E-state index is 11.9.